The maximum Gasteiger partial charge on any atom is 0.349 e. The normalized spacial score (nSPS) is 11.6. The van der Waals surface area contributed by atoms with Crippen LogP contribution in [0.2, 0.25) is 0 Å². The van der Waals surface area contributed by atoms with Crippen molar-refractivity contribution in [2.75, 3.05) is 26.7 Å². The van der Waals surface area contributed by atoms with Crippen molar-refractivity contribution >= 4 is 27.3 Å². The fraction of sp³-hybridized carbons (Fsp3) is 0.583. The Morgan fingerprint density at radius 1 is 1.35 bits per heavy atom. The van der Waals surface area contributed by atoms with E-state index >= 15 is 0 Å². The summed E-state index contributed by atoms with van der Waals surface area (Å²) < 4.78 is 31.6. The lowest BCUT2D eigenvalue weighted by atomic mass is 10.3. The second-order valence-electron chi connectivity index (χ2n) is 4.22. The minimum Gasteiger partial charge on any atom is -0.465 e. The predicted octanol–water partition coefficient (Wildman–Crippen LogP) is 1.12. The fourth-order valence-corrected chi connectivity index (χ4v) is 4.38. The van der Waals surface area contributed by atoms with Crippen LogP contribution >= 0.6 is 11.3 Å². The number of aryl methyl sites for hydroxylation is 1. The topological polar surface area (TPSA) is 84.5 Å². The molecule has 0 saturated carbocycles. The third-order valence-electron chi connectivity index (χ3n) is 2.58. The highest BCUT2D eigenvalue weighted by Crippen LogP contribution is 2.27. The van der Waals surface area contributed by atoms with Crippen LogP contribution in [0.4, 0.5) is 0 Å². The van der Waals surface area contributed by atoms with E-state index in [2.05, 4.69) is 14.8 Å². The monoisotopic (exact) mass is 320 g/mol. The molecule has 0 aliphatic rings. The van der Waals surface area contributed by atoms with E-state index in [4.69, 9.17) is 0 Å². The summed E-state index contributed by atoms with van der Waals surface area (Å²) in [6, 6.07) is 0. The van der Waals surface area contributed by atoms with E-state index in [9.17, 15) is 13.2 Å². The molecule has 0 spiro atoms. The molecule has 0 saturated heterocycles. The van der Waals surface area contributed by atoms with E-state index in [1.165, 1.54) is 7.11 Å². The quantitative estimate of drug-likeness (QED) is 0.554. The molecule has 0 aliphatic heterocycles. The largest absolute Gasteiger partial charge is 0.465 e. The molecule has 0 bridgehead atoms. The molecule has 6 nitrogen and oxygen atoms in total. The second-order valence-corrected chi connectivity index (χ2v) is 6.80. The molecule has 0 radical (unpaired) electrons. The summed E-state index contributed by atoms with van der Waals surface area (Å²) in [5, 5.41) is 4.74. The van der Waals surface area contributed by atoms with Gasteiger partial charge in [-0.1, -0.05) is 6.92 Å². The van der Waals surface area contributed by atoms with Gasteiger partial charge in [0.2, 0.25) is 10.0 Å². The number of nitrogens with one attached hydrogen (secondary N) is 2. The molecule has 0 amide bonds. The Balaban J connectivity index is 2.82. The summed E-state index contributed by atoms with van der Waals surface area (Å²) in [5.74, 6) is -0.632. The molecule has 1 aromatic heterocycles. The van der Waals surface area contributed by atoms with Gasteiger partial charge in [-0.3, -0.25) is 0 Å². The highest BCUT2D eigenvalue weighted by molar-refractivity contribution is 7.89. The van der Waals surface area contributed by atoms with Gasteiger partial charge in [0.25, 0.3) is 0 Å². The highest BCUT2D eigenvalue weighted by Gasteiger charge is 2.26. The Kier molecular flexibility index (Phi) is 6.60. The Labute approximate surface area is 123 Å². The number of sulfonamides is 1. The fourth-order valence-electron chi connectivity index (χ4n) is 1.65. The smallest absolute Gasteiger partial charge is 0.349 e. The van der Waals surface area contributed by atoms with Crippen LogP contribution in [0.25, 0.3) is 0 Å². The molecular weight excluding hydrogens is 300 g/mol. The van der Waals surface area contributed by atoms with Crippen LogP contribution < -0.4 is 10.0 Å². The van der Waals surface area contributed by atoms with Crippen LogP contribution in [-0.4, -0.2) is 41.1 Å². The highest BCUT2D eigenvalue weighted by atomic mass is 32.2. The van der Waals surface area contributed by atoms with Crippen molar-refractivity contribution < 1.29 is 17.9 Å². The molecule has 2 N–H and O–H groups in total. The van der Waals surface area contributed by atoms with Crippen molar-refractivity contribution in [2.45, 2.75) is 25.2 Å². The maximum absolute atomic E-state index is 12.2. The molecule has 8 heteroatoms. The molecule has 1 heterocycles. The van der Waals surface area contributed by atoms with Crippen LogP contribution in [0.3, 0.4) is 0 Å². The Morgan fingerprint density at radius 2 is 2.05 bits per heavy atom. The molecule has 0 aliphatic carbocycles. The van der Waals surface area contributed by atoms with Gasteiger partial charge in [-0.25, -0.2) is 17.9 Å². The first kappa shape index (κ1) is 17.1. The zero-order valence-corrected chi connectivity index (χ0v) is 13.5. The van der Waals surface area contributed by atoms with Crippen molar-refractivity contribution in [3.63, 3.8) is 0 Å². The van der Waals surface area contributed by atoms with Crippen LogP contribution in [0.5, 0.6) is 0 Å². The molecule has 0 fully saturated rings. The van der Waals surface area contributed by atoms with E-state index in [-0.39, 0.29) is 16.3 Å². The summed E-state index contributed by atoms with van der Waals surface area (Å²) in [6.07, 6.45) is 0.989. The first-order valence-corrected chi connectivity index (χ1v) is 8.67. The number of thiophene rings is 1. The number of methoxy groups -OCH3 is 1. The zero-order chi connectivity index (χ0) is 15.2. The second kappa shape index (κ2) is 7.72. The average molecular weight is 320 g/mol. The number of rotatable bonds is 8. The number of carbonyl (C=O) groups excluding carboxylic acids is 1. The average Bonchev–Trinajstić information content (AvgIpc) is 2.80. The van der Waals surface area contributed by atoms with Crippen molar-refractivity contribution in [3.05, 3.63) is 15.8 Å². The van der Waals surface area contributed by atoms with Crippen molar-refractivity contribution in [2.24, 2.45) is 0 Å². The Morgan fingerprint density at radius 3 is 2.65 bits per heavy atom. The molecule has 1 rings (SSSR count). The van der Waals surface area contributed by atoms with Crippen LogP contribution in [0.15, 0.2) is 10.3 Å². The zero-order valence-electron chi connectivity index (χ0n) is 11.9. The lowest BCUT2D eigenvalue weighted by Crippen LogP contribution is -2.33. The van der Waals surface area contributed by atoms with Gasteiger partial charge in [-0.15, -0.1) is 11.3 Å². The Bertz CT molecular complexity index is 552. The molecule has 114 valence electrons. The third kappa shape index (κ3) is 4.27. The maximum atomic E-state index is 12.2. The van der Waals surface area contributed by atoms with Crippen molar-refractivity contribution in [1.82, 2.24) is 10.0 Å². The van der Waals surface area contributed by atoms with Crippen LogP contribution in [0.1, 0.15) is 28.6 Å². The van der Waals surface area contributed by atoms with Crippen molar-refractivity contribution in [1.29, 1.82) is 0 Å². The first-order chi connectivity index (χ1) is 9.44. The predicted molar refractivity (Wildman–Crippen MR) is 78.7 cm³/mol. The third-order valence-corrected chi connectivity index (χ3v) is 5.43. The van der Waals surface area contributed by atoms with Gasteiger partial charge in [0, 0.05) is 13.1 Å². The van der Waals surface area contributed by atoms with E-state index in [0.29, 0.717) is 12.1 Å². The number of hydrogen-bond acceptors (Lipinski definition) is 6. The van der Waals surface area contributed by atoms with Crippen LogP contribution in [-0.2, 0) is 14.8 Å². The van der Waals surface area contributed by atoms with Gasteiger partial charge >= 0.3 is 5.97 Å². The molecule has 0 atom stereocenters. The molecular formula is C12H20N2O4S2. The van der Waals surface area contributed by atoms with E-state index in [0.717, 1.165) is 24.3 Å². The lowest BCUT2D eigenvalue weighted by Gasteiger charge is -2.09. The van der Waals surface area contributed by atoms with E-state index in [1.807, 2.05) is 6.92 Å². The molecule has 0 unspecified atom stereocenters. The number of ether oxygens (including phenoxy) is 1. The Hall–Kier alpha value is -0.960. The van der Waals surface area contributed by atoms with Gasteiger partial charge in [-0.2, -0.15) is 0 Å². The van der Waals surface area contributed by atoms with E-state index in [1.54, 1.807) is 12.3 Å². The van der Waals surface area contributed by atoms with Gasteiger partial charge in [0.05, 0.1) is 7.11 Å². The number of carbonyl (C=O) groups is 1. The van der Waals surface area contributed by atoms with Gasteiger partial charge in [0.1, 0.15) is 9.77 Å². The lowest BCUT2D eigenvalue weighted by molar-refractivity contribution is 0.0602. The molecule has 20 heavy (non-hydrogen) atoms. The standard InChI is InChI=1S/C12H20N2O4S2/c1-4-5-13-6-7-14-20(16,17)11-9(2)8-19-10(11)12(15)18-3/h8,13-14H,4-7H2,1-3H3. The summed E-state index contributed by atoms with van der Waals surface area (Å²) in [7, 11) is -2.47. The SMILES string of the molecule is CCCNCCNS(=O)(=O)c1c(C)csc1C(=O)OC. The van der Waals surface area contributed by atoms with Crippen LogP contribution in [0, 0.1) is 6.92 Å². The summed E-state index contributed by atoms with van der Waals surface area (Å²) >= 11 is 1.07. The van der Waals surface area contributed by atoms with Gasteiger partial charge in [0.15, 0.2) is 0 Å². The summed E-state index contributed by atoms with van der Waals surface area (Å²) in [6.45, 7) is 5.36. The molecule has 0 aromatic carbocycles. The number of hydrogen-bond donors (Lipinski definition) is 2. The first-order valence-electron chi connectivity index (χ1n) is 6.30. The van der Waals surface area contributed by atoms with Gasteiger partial charge in [-0.05, 0) is 30.8 Å². The molecule has 1 aromatic rings. The van der Waals surface area contributed by atoms with Crippen molar-refractivity contribution in [3.8, 4) is 0 Å². The minimum absolute atomic E-state index is 0.0184. The number of esters is 1. The van der Waals surface area contributed by atoms with Gasteiger partial charge < -0.3 is 10.1 Å². The minimum atomic E-state index is -3.70. The summed E-state index contributed by atoms with van der Waals surface area (Å²) in [5.41, 5.74) is 0.546. The summed E-state index contributed by atoms with van der Waals surface area (Å²) in [4.78, 5) is 11.7. The van der Waals surface area contributed by atoms with E-state index < -0.39 is 16.0 Å².